The number of aliphatic hydroxyl groups is 1. The molecule has 0 radical (unpaired) electrons. The van der Waals surface area contributed by atoms with Gasteiger partial charge in [-0.1, -0.05) is 0 Å². The van der Waals surface area contributed by atoms with E-state index in [0.29, 0.717) is 0 Å². The molecule has 1 aliphatic rings. The highest BCUT2D eigenvalue weighted by molar-refractivity contribution is 4.93. The zero-order valence-corrected chi connectivity index (χ0v) is 10.3. The van der Waals surface area contributed by atoms with Crippen molar-refractivity contribution in [2.24, 2.45) is 0 Å². The van der Waals surface area contributed by atoms with Crippen LogP contribution < -0.4 is 5.32 Å². The quantitative estimate of drug-likeness (QED) is 0.654. The van der Waals surface area contributed by atoms with Crippen molar-refractivity contribution in [2.45, 2.75) is 18.4 Å². The summed E-state index contributed by atoms with van der Waals surface area (Å²) in [5.41, 5.74) is -0.0665. The van der Waals surface area contributed by atoms with E-state index in [0.717, 1.165) is 32.6 Å². The Hall–Kier alpha value is -0.160. The molecule has 0 aliphatic carbocycles. The first-order valence-electron chi connectivity index (χ1n) is 5.77. The maximum Gasteiger partial charge on any atom is 0.0625 e. The summed E-state index contributed by atoms with van der Waals surface area (Å²) in [5, 5.41) is 13.0. The third-order valence-corrected chi connectivity index (χ3v) is 3.13. The zero-order valence-electron chi connectivity index (χ0n) is 10.3. The number of nitrogens with one attached hydrogen (secondary N) is 1. The fourth-order valence-corrected chi connectivity index (χ4v) is 2.24. The highest BCUT2D eigenvalue weighted by Crippen LogP contribution is 2.19. The smallest absolute Gasteiger partial charge is 0.0625 e. The first-order chi connectivity index (χ1) is 7.08. The number of hydrogen-bond acceptors (Lipinski definition) is 4. The second-order valence-electron chi connectivity index (χ2n) is 5.01. The maximum atomic E-state index is 9.52. The fourth-order valence-electron chi connectivity index (χ4n) is 2.24. The van der Waals surface area contributed by atoms with Crippen LogP contribution in [0.1, 0.15) is 12.8 Å². The Morgan fingerprint density at radius 2 is 2.20 bits per heavy atom. The van der Waals surface area contributed by atoms with Gasteiger partial charge in [0.05, 0.1) is 12.1 Å². The van der Waals surface area contributed by atoms with Crippen molar-refractivity contribution in [3.05, 3.63) is 0 Å². The van der Waals surface area contributed by atoms with Gasteiger partial charge in [0, 0.05) is 19.6 Å². The van der Waals surface area contributed by atoms with E-state index in [2.05, 4.69) is 36.3 Å². The lowest BCUT2D eigenvalue weighted by Gasteiger charge is -2.41. The molecule has 4 heteroatoms. The Morgan fingerprint density at radius 3 is 2.73 bits per heavy atom. The molecule has 1 fully saturated rings. The molecule has 0 aromatic rings. The lowest BCUT2D eigenvalue weighted by Crippen LogP contribution is -2.59. The van der Waals surface area contributed by atoms with Gasteiger partial charge in [-0.15, -0.1) is 0 Å². The Labute approximate surface area is 93.2 Å². The minimum atomic E-state index is -0.0665. The summed E-state index contributed by atoms with van der Waals surface area (Å²) >= 11 is 0. The second kappa shape index (κ2) is 5.80. The van der Waals surface area contributed by atoms with Crippen molar-refractivity contribution in [3.63, 3.8) is 0 Å². The van der Waals surface area contributed by atoms with Crippen molar-refractivity contribution < 1.29 is 5.11 Å². The monoisotopic (exact) mass is 215 g/mol. The van der Waals surface area contributed by atoms with E-state index in [1.807, 2.05) is 0 Å². The Balaban J connectivity index is 2.38. The molecule has 1 aliphatic heterocycles. The van der Waals surface area contributed by atoms with Crippen LogP contribution in [0.25, 0.3) is 0 Å². The molecule has 0 bridgehead atoms. The maximum absolute atomic E-state index is 9.52. The van der Waals surface area contributed by atoms with Gasteiger partial charge >= 0.3 is 0 Å². The molecular weight excluding hydrogens is 190 g/mol. The van der Waals surface area contributed by atoms with Crippen LogP contribution in [0, 0.1) is 0 Å². The number of likely N-dealkylation sites (tertiary alicyclic amines) is 1. The lowest BCUT2D eigenvalue weighted by atomic mass is 9.90. The Bertz CT molecular complexity index is 187. The van der Waals surface area contributed by atoms with Crippen LogP contribution in [0.2, 0.25) is 0 Å². The summed E-state index contributed by atoms with van der Waals surface area (Å²) in [4.78, 5) is 4.45. The number of piperidine rings is 1. The van der Waals surface area contributed by atoms with Crippen molar-refractivity contribution in [1.29, 1.82) is 0 Å². The molecule has 0 amide bonds. The molecule has 0 aromatic heterocycles. The molecule has 4 nitrogen and oxygen atoms in total. The largest absolute Gasteiger partial charge is 0.394 e. The molecule has 1 heterocycles. The molecule has 1 unspecified atom stereocenters. The normalized spacial score (nSPS) is 28.6. The SMILES string of the molecule is CN(C)CCNC1(CO)CCCN(C)C1. The van der Waals surface area contributed by atoms with E-state index in [1.165, 1.54) is 6.42 Å². The molecule has 0 aromatic carbocycles. The van der Waals surface area contributed by atoms with Gasteiger partial charge in [-0.05, 0) is 40.5 Å². The number of likely N-dealkylation sites (N-methyl/N-ethyl adjacent to an activating group) is 2. The average molecular weight is 215 g/mol. The lowest BCUT2D eigenvalue weighted by molar-refractivity contribution is 0.0789. The molecule has 2 N–H and O–H groups in total. The van der Waals surface area contributed by atoms with Crippen molar-refractivity contribution >= 4 is 0 Å². The van der Waals surface area contributed by atoms with Gasteiger partial charge < -0.3 is 20.2 Å². The fraction of sp³-hybridized carbons (Fsp3) is 1.00. The first kappa shape index (κ1) is 12.9. The summed E-state index contributed by atoms with van der Waals surface area (Å²) in [6, 6.07) is 0. The average Bonchev–Trinajstić information content (AvgIpc) is 2.17. The minimum absolute atomic E-state index is 0.0665. The predicted octanol–water partition coefficient (Wildman–Crippen LogP) is -0.406. The topological polar surface area (TPSA) is 38.7 Å². The summed E-state index contributed by atoms with van der Waals surface area (Å²) < 4.78 is 0. The molecule has 1 atom stereocenters. The van der Waals surface area contributed by atoms with E-state index in [-0.39, 0.29) is 12.1 Å². The van der Waals surface area contributed by atoms with Gasteiger partial charge in [0.1, 0.15) is 0 Å². The molecule has 1 saturated heterocycles. The highest BCUT2D eigenvalue weighted by atomic mass is 16.3. The zero-order chi connectivity index (χ0) is 11.3. The number of rotatable bonds is 5. The van der Waals surface area contributed by atoms with Crippen LogP contribution in [0.3, 0.4) is 0 Å². The van der Waals surface area contributed by atoms with Crippen LogP contribution in [-0.4, -0.2) is 74.4 Å². The van der Waals surface area contributed by atoms with Gasteiger partial charge in [0.15, 0.2) is 0 Å². The number of aliphatic hydroxyl groups excluding tert-OH is 1. The van der Waals surface area contributed by atoms with Gasteiger partial charge in [0.2, 0.25) is 0 Å². The molecule has 0 spiro atoms. The van der Waals surface area contributed by atoms with Crippen molar-refractivity contribution in [1.82, 2.24) is 15.1 Å². The summed E-state index contributed by atoms with van der Waals surface area (Å²) in [6.07, 6.45) is 2.26. The summed E-state index contributed by atoms with van der Waals surface area (Å²) in [6.45, 7) is 4.31. The Morgan fingerprint density at radius 1 is 1.47 bits per heavy atom. The number of nitrogens with zero attached hydrogens (tertiary/aromatic N) is 2. The predicted molar refractivity (Wildman–Crippen MR) is 63.1 cm³/mol. The molecule has 15 heavy (non-hydrogen) atoms. The van der Waals surface area contributed by atoms with E-state index in [9.17, 15) is 5.11 Å². The second-order valence-corrected chi connectivity index (χ2v) is 5.01. The van der Waals surface area contributed by atoms with Gasteiger partial charge in [0.25, 0.3) is 0 Å². The highest BCUT2D eigenvalue weighted by Gasteiger charge is 2.32. The van der Waals surface area contributed by atoms with E-state index in [4.69, 9.17) is 0 Å². The van der Waals surface area contributed by atoms with Gasteiger partial charge in [-0.3, -0.25) is 0 Å². The van der Waals surface area contributed by atoms with Crippen LogP contribution in [-0.2, 0) is 0 Å². The summed E-state index contributed by atoms with van der Waals surface area (Å²) in [7, 11) is 6.26. The minimum Gasteiger partial charge on any atom is -0.394 e. The van der Waals surface area contributed by atoms with E-state index in [1.54, 1.807) is 0 Å². The van der Waals surface area contributed by atoms with Crippen molar-refractivity contribution in [3.8, 4) is 0 Å². The van der Waals surface area contributed by atoms with Gasteiger partial charge in [-0.2, -0.15) is 0 Å². The van der Waals surface area contributed by atoms with Gasteiger partial charge in [-0.25, -0.2) is 0 Å². The molecular formula is C11H25N3O. The van der Waals surface area contributed by atoms with E-state index < -0.39 is 0 Å². The third kappa shape index (κ3) is 4.07. The summed E-state index contributed by atoms with van der Waals surface area (Å²) in [5.74, 6) is 0. The van der Waals surface area contributed by atoms with Crippen LogP contribution in [0.5, 0.6) is 0 Å². The Kier molecular flexibility index (Phi) is 4.99. The molecule has 1 rings (SSSR count). The third-order valence-electron chi connectivity index (χ3n) is 3.13. The van der Waals surface area contributed by atoms with Crippen LogP contribution in [0.4, 0.5) is 0 Å². The molecule has 0 saturated carbocycles. The first-order valence-corrected chi connectivity index (χ1v) is 5.77. The van der Waals surface area contributed by atoms with E-state index >= 15 is 0 Å². The standard InChI is InChI=1S/C11H25N3O/c1-13(2)8-6-12-11(10-15)5-4-7-14(3)9-11/h12,15H,4-10H2,1-3H3. The van der Waals surface area contributed by atoms with Crippen LogP contribution >= 0.6 is 0 Å². The van der Waals surface area contributed by atoms with Crippen LogP contribution in [0.15, 0.2) is 0 Å². The van der Waals surface area contributed by atoms with Crippen molar-refractivity contribution in [2.75, 3.05) is 53.9 Å². The number of hydrogen-bond donors (Lipinski definition) is 2. The molecule has 90 valence electrons.